The highest BCUT2D eigenvalue weighted by Gasteiger charge is 2.28. The second-order valence-electron chi connectivity index (χ2n) is 7.16. The molecule has 6 nitrogen and oxygen atoms in total. The molecule has 1 fully saturated rings. The van der Waals surface area contributed by atoms with Gasteiger partial charge in [-0.1, -0.05) is 18.2 Å². The highest BCUT2D eigenvalue weighted by atomic mass is 32.1. The molecular formula is C21H26N4O2S. The number of rotatable bonds is 8. The summed E-state index contributed by atoms with van der Waals surface area (Å²) >= 11 is 1.59. The molecule has 0 bridgehead atoms. The lowest BCUT2D eigenvalue weighted by Gasteiger charge is -2.24. The van der Waals surface area contributed by atoms with E-state index >= 15 is 0 Å². The molecule has 2 aromatic heterocycles. The van der Waals surface area contributed by atoms with Crippen molar-refractivity contribution >= 4 is 27.3 Å². The van der Waals surface area contributed by atoms with Crippen molar-refractivity contribution in [1.29, 1.82) is 0 Å². The maximum absolute atomic E-state index is 12.8. The smallest absolute Gasteiger partial charge is 0.261 e. The molecule has 0 saturated carbocycles. The van der Waals surface area contributed by atoms with Crippen LogP contribution >= 0.6 is 11.3 Å². The summed E-state index contributed by atoms with van der Waals surface area (Å²) in [6, 6.07) is 8.76. The third kappa shape index (κ3) is 4.11. The van der Waals surface area contributed by atoms with Gasteiger partial charge in [0.15, 0.2) is 0 Å². The Balaban J connectivity index is 1.58. The van der Waals surface area contributed by atoms with Gasteiger partial charge in [0.05, 0.1) is 18.0 Å². The van der Waals surface area contributed by atoms with Crippen molar-refractivity contribution in [3.63, 3.8) is 0 Å². The van der Waals surface area contributed by atoms with E-state index in [0.717, 1.165) is 36.6 Å². The number of amides is 1. The van der Waals surface area contributed by atoms with Gasteiger partial charge < -0.3 is 15.0 Å². The van der Waals surface area contributed by atoms with Crippen molar-refractivity contribution in [2.24, 2.45) is 0 Å². The molecule has 4 rings (SSSR count). The lowest BCUT2D eigenvalue weighted by Crippen LogP contribution is -2.32. The zero-order valence-electron chi connectivity index (χ0n) is 16.1. The van der Waals surface area contributed by atoms with E-state index < -0.39 is 0 Å². The number of carbonyl (C=O) groups excluding carboxylic acids is 1. The molecule has 3 heterocycles. The number of imidazole rings is 1. The molecule has 0 unspecified atom stereocenters. The molecule has 1 aliphatic rings. The predicted octanol–water partition coefficient (Wildman–Crippen LogP) is 3.21. The van der Waals surface area contributed by atoms with Crippen molar-refractivity contribution in [3.05, 3.63) is 52.9 Å². The first kappa shape index (κ1) is 19.1. The number of hydrogen-bond acceptors (Lipinski definition) is 5. The molecule has 1 aliphatic heterocycles. The van der Waals surface area contributed by atoms with Crippen LogP contribution in [0.1, 0.15) is 33.9 Å². The highest BCUT2D eigenvalue weighted by Crippen LogP contribution is 2.34. The van der Waals surface area contributed by atoms with Gasteiger partial charge in [-0.3, -0.25) is 9.69 Å². The van der Waals surface area contributed by atoms with E-state index in [-0.39, 0.29) is 5.91 Å². The van der Waals surface area contributed by atoms with Gasteiger partial charge in [-0.2, -0.15) is 0 Å². The van der Waals surface area contributed by atoms with Crippen LogP contribution in [-0.4, -0.2) is 53.6 Å². The SMILES string of the molecule is COCCNC(=O)c1sc2ccccc2c1C[C@H]1CCCN1Cc1ncc[nH]1. The molecule has 1 atom stereocenters. The third-order valence-corrected chi connectivity index (χ3v) is 6.55. The number of H-pyrrole nitrogens is 1. The number of ether oxygens (including phenoxy) is 1. The Morgan fingerprint density at radius 3 is 3.14 bits per heavy atom. The number of carbonyl (C=O) groups is 1. The number of thiophene rings is 1. The van der Waals surface area contributed by atoms with Crippen LogP contribution in [0, 0.1) is 0 Å². The van der Waals surface area contributed by atoms with Crippen LogP contribution in [0.3, 0.4) is 0 Å². The summed E-state index contributed by atoms with van der Waals surface area (Å²) in [6.07, 6.45) is 6.89. The monoisotopic (exact) mass is 398 g/mol. The average Bonchev–Trinajstić information content (AvgIpc) is 3.44. The predicted molar refractivity (Wildman–Crippen MR) is 112 cm³/mol. The summed E-state index contributed by atoms with van der Waals surface area (Å²) in [7, 11) is 1.64. The molecule has 7 heteroatoms. The number of nitrogens with one attached hydrogen (secondary N) is 2. The fraction of sp³-hybridized carbons (Fsp3) is 0.429. The molecule has 0 aliphatic carbocycles. The fourth-order valence-electron chi connectivity index (χ4n) is 3.98. The number of fused-ring (bicyclic) bond motifs is 1. The molecule has 1 saturated heterocycles. The first-order valence-electron chi connectivity index (χ1n) is 9.76. The molecule has 0 radical (unpaired) electrons. The molecule has 1 aromatic carbocycles. The van der Waals surface area contributed by atoms with E-state index in [0.29, 0.717) is 19.2 Å². The maximum atomic E-state index is 12.8. The van der Waals surface area contributed by atoms with Gasteiger partial charge in [0.1, 0.15) is 5.82 Å². The maximum Gasteiger partial charge on any atom is 0.261 e. The number of methoxy groups -OCH3 is 1. The first-order valence-corrected chi connectivity index (χ1v) is 10.6. The number of likely N-dealkylation sites (tertiary alicyclic amines) is 1. The van der Waals surface area contributed by atoms with Crippen LogP contribution in [0.25, 0.3) is 10.1 Å². The van der Waals surface area contributed by atoms with Crippen LogP contribution < -0.4 is 5.32 Å². The van der Waals surface area contributed by atoms with Gasteiger partial charge >= 0.3 is 0 Å². The number of hydrogen-bond donors (Lipinski definition) is 2. The van der Waals surface area contributed by atoms with E-state index in [1.807, 2.05) is 12.3 Å². The minimum absolute atomic E-state index is 0.00355. The zero-order valence-corrected chi connectivity index (χ0v) is 16.9. The van der Waals surface area contributed by atoms with Crippen molar-refractivity contribution in [2.75, 3.05) is 26.8 Å². The summed E-state index contributed by atoms with van der Waals surface area (Å²) in [5.41, 5.74) is 1.17. The lowest BCUT2D eigenvalue weighted by molar-refractivity contribution is 0.0940. The Hall–Kier alpha value is -2.22. The first-order chi connectivity index (χ1) is 13.8. The van der Waals surface area contributed by atoms with E-state index in [1.54, 1.807) is 24.6 Å². The summed E-state index contributed by atoms with van der Waals surface area (Å²) in [5.74, 6) is 1.00. The van der Waals surface area contributed by atoms with Crippen molar-refractivity contribution in [3.8, 4) is 0 Å². The standard InChI is InChI=1S/C21H26N4O2S/c1-27-12-10-24-21(26)20-17(16-6-2-3-7-18(16)28-20)13-15-5-4-11-25(15)14-19-22-8-9-23-19/h2-3,6-9,15H,4-5,10-14H2,1H3,(H,22,23)(H,24,26)/t15-/m1/s1. The summed E-state index contributed by atoms with van der Waals surface area (Å²) in [4.78, 5) is 23.7. The lowest BCUT2D eigenvalue weighted by atomic mass is 10.0. The Morgan fingerprint density at radius 2 is 2.32 bits per heavy atom. The van der Waals surface area contributed by atoms with E-state index in [9.17, 15) is 4.79 Å². The molecule has 3 aromatic rings. The van der Waals surface area contributed by atoms with Crippen LogP contribution in [0.4, 0.5) is 0 Å². The van der Waals surface area contributed by atoms with Crippen molar-refractivity contribution < 1.29 is 9.53 Å². The quantitative estimate of drug-likeness (QED) is 0.572. The minimum Gasteiger partial charge on any atom is -0.383 e. The van der Waals surface area contributed by atoms with Crippen LogP contribution in [0.2, 0.25) is 0 Å². The zero-order chi connectivity index (χ0) is 19.3. The van der Waals surface area contributed by atoms with Gasteiger partial charge in [0.2, 0.25) is 0 Å². The van der Waals surface area contributed by atoms with Gasteiger partial charge in [-0.15, -0.1) is 11.3 Å². The second-order valence-corrected chi connectivity index (χ2v) is 8.21. The Bertz CT molecular complexity index is 922. The number of benzene rings is 1. The molecule has 28 heavy (non-hydrogen) atoms. The highest BCUT2D eigenvalue weighted by molar-refractivity contribution is 7.21. The molecule has 148 valence electrons. The molecule has 0 spiro atoms. The van der Waals surface area contributed by atoms with Crippen LogP contribution in [0.15, 0.2) is 36.7 Å². The van der Waals surface area contributed by atoms with E-state index in [4.69, 9.17) is 4.74 Å². The van der Waals surface area contributed by atoms with E-state index in [2.05, 4.69) is 38.4 Å². The van der Waals surface area contributed by atoms with Gasteiger partial charge in [-0.05, 0) is 42.8 Å². The van der Waals surface area contributed by atoms with Crippen molar-refractivity contribution in [1.82, 2.24) is 20.2 Å². The molecule has 2 N–H and O–H groups in total. The molecule has 1 amide bonds. The summed E-state index contributed by atoms with van der Waals surface area (Å²) in [6.45, 7) is 2.94. The molecular weight excluding hydrogens is 372 g/mol. The Labute approximate surface area is 168 Å². The topological polar surface area (TPSA) is 70.2 Å². The van der Waals surface area contributed by atoms with Gasteiger partial charge in [-0.25, -0.2) is 4.98 Å². The average molecular weight is 399 g/mol. The second kappa shape index (κ2) is 8.86. The normalized spacial score (nSPS) is 17.4. The van der Waals surface area contributed by atoms with Crippen LogP contribution in [0.5, 0.6) is 0 Å². The third-order valence-electron chi connectivity index (χ3n) is 5.34. The number of nitrogens with zero attached hydrogens (tertiary/aromatic N) is 2. The van der Waals surface area contributed by atoms with Crippen molar-refractivity contribution in [2.45, 2.75) is 31.8 Å². The largest absolute Gasteiger partial charge is 0.383 e. The number of aromatic nitrogens is 2. The summed E-state index contributed by atoms with van der Waals surface area (Å²) < 4.78 is 6.23. The van der Waals surface area contributed by atoms with Gasteiger partial charge in [0.25, 0.3) is 5.91 Å². The van der Waals surface area contributed by atoms with Gasteiger partial charge in [0, 0.05) is 36.8 Å². The van der Waals surface area contributed by atoms with Crippen LogP contribution in [-0.2, 0) is 17.7 Å². The fourth-order valence-corrected chi connectivity index (χ4v) is 5.13. The van der Waals surface area contributed by atoms with E-state index in [1.165, 1.54) is 22.1 Å². The Kier molecular flexibility index (Phi) is 6.04. The minimum atomic E-state index is 0.00355. The Morgan fingerprint density at radius 1 is 1.43 bits per heavy atom. The number of aromatic amines is 1. The summed E-state index contributed by atoms with van der Waals surface area (Å²) in [5, 5.41) is 4.19.